The number of hydrogen-bond acceptors (Lipinski definition) is 15. The van der Waals surface area contributed by atoms with Gasteiger partial charge in [0.25, 0.3) is 17.5 Å². The standard InChI is InChI=1S/C21H24N8O11S2.Na/c1-21(2,18(32)39-8-10-3-5-11(6-4-10)29(34)35)40-27-14(12-9-41-20(23)25-12)16(30)26-15-13(7-24-19(22)33)28(17(15)31)42(36,37)38;/h3-6,9,13,15H,7-8H2,1-2H3,(H2,23,25)(H,26,30)(H3,22,24,33)(H,36,37,38);/q;+1/p-1/b27-14-;/t13-,15+;/m0./s1. The molecule has 1 aromatic carbocycles. The van der Waals surface area contributed by atoms with E-state index in [4.69, 9.17) is 21.0 Å². The molecule has 22 heteroatoms. The molecule has 1 fully saturated rings. The van der Waals surface area contributed by atoms with Gasteiger partial charge in [0, 0.05) is 24.1 Å². The SMILES string of the molecule is CC(C)(O/N=C(\C(=O)N[C@H]1C(=O)N(S(=O)(=O)[O-])[C@H]1CNC(N)=O)c1csc(N)n1)C(=O)OCc1ccc([N+](=O)[O-])cc1.[Na+]. The van der Waals surface area contributed by atoms with Gasteiger partial charge in [-0.25, -0.2) is 27.3 Å². The number of carbonyl (C=O) groups excluding carboxylic acids is 4. The first-order valence-electron chi connectivity index (χ1n) is 11.5. The number of benzene rings is 1. The van der Waals surface area contributed by atoms with E-state index >= 15 is 0 Å². The van der Waals surface area contributed by atoms with E-state index < -0.39 is 69.0 Å². The fourth-order valence-corrected chi connectivity index (χ4v) is 4.81. The number of non-ortho nitro benzene ring substituents is 1. The number of nitrogens with zero attached hydrogens (tertiary/aromatic N) is 4. The molecule has 0 saturated carbocycles. The van der Waals surface area contributed by atoms with E-state index in [9.17, 15) is 42.3 Å². The molecule has 1 aliphatic rings. The first kappa shape index (κ1) is 35.3. The first-order valence-corrected chi connectivity index (χ1v) is 13.8. The van der Waals surface area contributed by atoms with Crippen molar-refractivity contribution in [2.75, 3.05) is 12.3 Å². The third kappa shape index (κ3) is 8.81. The van der Waals surface area contributed by atoms with Crippen LogP contribution in [0.15, 0.2) is 34.8 Å². The van der Waals surface area contributed by atoms with Crippen LogP contribution in [-0.2, 0) is 40.9 Å². The summed E-state index contributed by atoms with van der Waals surface area (Å²) in [7, 11) is -5.29. The predicted octanol–water partition coefficient (Wildman–Crippen LogP) is -4.30. The summed E-state index contributed by atoms with van der Waals surface area (Å²) in [6, 6.07) is 1.04. The van der Waals surface area contributed by atoms with Gasteiger partial charge in [-0.3, -0.25) is 19.7 Å². The fourth-order valence-electron chi connectivity index (χ4n) is 3.40. The van der Waals surface area contributed by atoms with E-state index in [-0.39, 0.29) is 57.0 Å². The number of nitrogens with one attached hydrogen (secondary N) is 2. The monoisotopic (exact) mass is 650 g/mol. The minimum atomic E-state index is -5.29. The van der Waals surface area contributed by atoms with Crippen molar-refractivity contribution in [2.45, 2.75) is 38.1 Å². The zero-order valence-corrected chi connectivity index (χ0v) is 26.3. The molecule has 226 valence electrons. The summed E-state index contributed by atoms with van der Waals surface area (Å²) in [5.41, 5.74) is 8.36. The zero-order valence-electron chi connectivity index (χ0n) is 22.7. The van der Waals surface area contributed by atoms with Gasteiger partial charge in [0.1, 0.15) is 18.3 Å². The Morgan fingerprint density at radius 2 is 1.88 bits per heavy atom. The number of rotatable bonds is 12. The Balaban J connectivity index is 0.00000645. The minimum Gasteiger partial charge on any atom is -0.731 e. The number of carbonyl (C=O) groups is 4. The summed E-state index contributed by atoms with van der Waals surface area (Å²) in [6.07, 6.45) is 0. The second-order valence-electron chi connectivity index (χ2n) is 8.97. The number of nitro groups is 1. The molecule has 0 unspecified atom stereocenters. The number of nitro benzene ring substituents is 1. The maximum absolute atomic E-state index is 13.1. The number of hydrogen-bond donors (Lipinski definition) is 4. The van der Waals surface area contributed by atoms with E-state index in [0.29, 0.717) is 5.56 Å². The molecule has 2 atom stereocenters. The third-order valence-corrected chi connectivity index (χ3v) is 7.14. The van der Waals surface area contributed by atoms with E-state index in [1.807, 2.05) is 0 Å². The first-order chi connectivity index (χ1) is 19.5. The Labute approximate surface area is 269 Å². The summed E-state index contributed by atoms with van der Waals surface area (Å²) in [5.74, 6) is -3.37. The number of amides is 4. The van der Waals surface area contributed by atoms with Gasteiger partial charge in [0.2, 0.25) is 5.60 Å². The van der Waals surface area contributed by atoms with Crippen molar-refractivity contribution in [3.8, 4) is 0 Å². The number of aromatic nitrogens is 1. The number of thiazole rings is 1. The summed E-state index contributed by atoms with van der Waals surface area (Å²) in [5, 5.41) is 20.1. The summed E-state index contributed by atoms with van der Waals surface area (Å²) < 4.78 is 39.6. The molecule has 4 amide bonds. The molecule has 2 aromatic rings. The van der Waals surface area contributed by atoms with Crippen molar-refractivity contribution in [3.63, 3.8) is 0 Å². The maximum atomic E-state index is 13.1. The van der Waals surface area contributed by atoms with E-state index in [1.54, 1.807) is 0 Å². The number of urea groups is 1. The largest absolute Gasteiger partial charge is 1.00 e. The van der Waals surface area contributed by atoms with Gasteiger partial charge in [0.05, 0.1) is 11.0 Å². The normalized spacial score (nSPS) is 16.8. The molecule has 43 heavy (non-hydrogen) atoms. The van der Waals surface area contributed by atoms with Crippen LogP contribution in [-0.4, -0.2) is 80.9 Å². The van der Waals surface area contributed by atoms with Gasteiger partial charge < -0.3 is 36.2 Å². The van der Waals surface area contributed by atoms with Gasteiger partial charge in [-0.1, -0.05) is 5.16 Å². The maximum Gasteiger partial charge on any atom is 1.00 e. The summed E-state index contributed by atoms with van der Waals surface area (Å²) in [6.45, 7) is 1.66. The Morgan fingerprint density at radius 1 is 1.26 bits per heavy atom. The van der Waals surface area contributed by atoms with Crippen LogP contribution in [0.25, 0.3) is 0 Å². The van der Waals surface area contributed by atoms with E-state index in [1.165, 1.54) is 43.5 Å². The molecule has 0 aliphatic carbocycles. The number of ether oxygens (including phenoxy) is 1. The summed E-state index contributed by atoms with van der Waals surface area (Å²) >= 11 is 0.912. The molecular formula is C21H23N8NaO11S2. The number of primary amides is 1. The summed E-state index contributed by atoms with van der Waals surface area (Å²) in [4.78, 5) is 68.7. The quantitative estimate of drug-likeness (QED) is 0.0322. The molecule has 1 aliphatic heterocycles. The number of oxime groups is 1. The molecule has 1 saturated heterocycles. The minimum absolute atomic E-state index is 0. The smallest absolute Gasteiger partial charge is 0.731 e. The van der Waals surface area contributed by atoms with E-state index in [0.717, 1.165) is 11.3 Å². The molecule has 6 N–H and O–H groups in total. The Morgan fingerprint density at radius 3 is 2.40 bits per heavy atom. The fraction of sp³-hybridized carbons (Fsp3) is 0.333. The molecule has 19 nitrogen and oxygen atoms in total. The van der Waals surface area contributed by atoms with Crippen molar-refractivity contribution in [3.05, 3.63) is 51.0 Å². The molecule has 0 bridgehead atoms. The average molecular weight is 651 g/mol. The van der Waals surface area contributed by atoms with Crippen LogP contribution >= 0.6 is 11.3 Å². The van der Waals surface area contributed by atoms with Crippen LogP contribution in [0.3, 0.4) is 0 Å². The van der Waals surface area contributed by atoms with Gasteiger partial charge in [-0.2, -0.15) is 0 Å². The second-order valence-corrected chi connectivity index (χ2v) is 11.1. The predicted molar refractivity (Wildman–Crippen MR) is 141 cm³/mol. The average Bonchev–Trinajstić information content (AvgIpc) is 3.32. The number of anilines is 1. The molecule has 2 heterocycles. The molecule has 0 spiro atoms. The van der Waals surface area contributed by atoms with Crippen molar-refractivity contribution < 1.29 is 76.2 Å². The Hall–Kier alpha value is -3.89. The molecule has 1 aromatic heterocycles. The number of β-lactam (4-membered cyclic amide) rings is 1. The Bertz CT molecular complexity index is 1550. The molecule has 0 radical (unpaired) electrons. The van der Waals surface area contributed by atoms with E-state index in [2.05, 4.69) is 20.8 Å². The third-order valence-electron chi connectivity index (χ3n) is 5.54. The molecule has 3 rings (SSSR count). The van der Waals surface area contributed by atoms with Gasteiger partial charge in [-0.05, 0) is 31.5 Å². The number of nitrogens with two attached hydrogens (primary N) is 2. The zero-order chi connectivity index (χ0) is 31.4. The van der Waals surface area contributed by atoms with Gasteiger partial charge in [0.15, 0.2) is 21.1 Å². The van der Waals surface area contributed by atoms with Crippen LogP contribution in [0.2, 0.25) is 0 Å². The van der Waals surface area contributed by atoms with Crippen molar-refractivity contribution >= 4 is 62.0 Å². The van der Waals surface area contributed by atoms with Crippen molar-refractivity contribution in [1.82, 2.24) is 19.9 Å². The van der Waals surface area contributed by atoms with Crippen LogP contribution < -0.4 is 51.7 Å². The number of esters is 1. The van der Waals surface area contributed by atoms with Crippen molar-refractivity contribution in [2.24, 2.45) is 10.9 Å². The molecular weight excluding hydrogens is 627 g/mol. The number of nitrogen functional groups attached to an aromatic ring is 1. The van der Waals surface area contributed by atoms with Crippen LogP contribution in [0.1, 0.15) is 25.1 Å². The Kier molecular flexibility index (Phi) is 11.5. The van der Waals surface area contributed by atoms with Gasteiger partial charge >= 0.3 is 41.6 Å². The topological polar surface area (TPSA) is 292 Å². The van der Waals surface area contributed by atoms with Crippen LogP contribution in [0.5, 0.6) is 0 Å². The second kappa shape index (κ2) is 14.1. The van der Waals surface area contributed by atoms with Crippen LogP contribution in [0, 0.1) is 10.1 Å². The van der Waals surface area contributed by atoms with Gasteiger partial charge in [-0.15, -0.1) is 11.3 Å². The van der Waals surface area contributed by atoms with Crippen molar-refractivity contribution in [1.29, 1.82) is 0 Å². The van der Waals surface area contributed by atoms with Crippen LogP contribution in [0.4, 0.5) is 15.6 Å².